The van der Waals surface area contributed by atoms with Gasteiger partial charge in [0.15, 0.2) is 4.80 Å². The van der Waals surface area contributed by atoms with E-state index in [-0.39, 0.29) is 0 Å². The number of aryl methyl sites for hydroxylation is 1. The van der Waals surface area contributed by atoms with Gasteiger partial charge in [-0.05, 0) is 36.8 Å². The summed E-state index contributed by atoms with van der Waals surface area (Å²) in [6.07, 6.45) is 0. The van der Waals surface area contributed by atoms with Gasteiger partial charge in [0.1, 0.15) is 0 Å². The summed E-state index contributed by atoms with van der Waals surface area (Å²) in [5, 5.41) is 3.42. The molecule has 0 aliphatic carbocycles. The number of thiazole rings is 1. The van der Waals surface area contributed by atoms with E-state index in [2.05, 4.69) is 33.9 Å². The quantitative estimate of drug-likeness (QED) is 0.524. The lowest BCUT2D eigenvalue weighted by Gasteiger charge is -2.27. The normalized spacial score (nSPS) is 15.8. The number of aromatic nitrogens is 1. The maximum absolute atomic E-state index is 6.53. The number of hydrogen-bond donors (Lipinski definition) is 0. The second-order valence-electron chi connectivity index (χ2n) is 7.03. The van der Waals surface area contributed by atoms with Crippen LogP contribution in [0.1, 0.15) is 5.56 Å². The molecule has 1 fully saturated rings. The fraction of sp³-hybridized carbons (Fsp3) is 0.318. The molecule has 2 aromatic carbocycles. The average Bonchev–Trinajstić information content (AvgIpc) is 3.11. The van der Waals surface area contributed by atoms with E-state index in [1.807, 2.05) is 24.3 Å². The molecule has 29 heavy (non-hydrogen) atoms. The number of hydrogen-bond acceptors (Lipinski definition) is 4. The van der Waals surface area contributed by atoms with E-state index < -0.39 is 0 Å². The molecule has 0 radical (unpaired) electrons. The van der Waals surface area contributed by atoms with Crippen molar-refractivity contribution in [2.45, 2.75) is 13.5 Å². The Bertz CT molecular complexity index is 1050. The first-order valence-electron chi connectivity index (χ1n) is 9.66. The molecule has 1 aliphatic rings. The molecule has 4 nitrogen and oxygen atoms in total. The molecule has 7 heteroatoms. The van der Waals surface area contributed by atoms with Crippen molar-refractivity contribution in [1.82, 2.24) is 9.47 Å². The summed E-state index contributed by atoms with van der Waals surface area (Å²) in [5.74, 6) is 0. The summed E-state index contributed by atoms with van der Waals surface area (Å²) in [4.78, 5) is 8.36. The van der Waals surface area contributed by atoms with Crippen LogP contribution in [-0.2, 0) is 11.3 Å². The molecule has 0 unspecified atom stereocenters. The molecule has 0 amide bonds. The molecule has 1 aliphatic heterocycles. The zero-order valence-electron chi connectivity index (χ0n) is 16.3. The highest BCUT2D eigenvalue weighted by molar-refractivity contribution is 7.07. The van der Waals surface area contributed by atoms with E-state index in [4.69, 9.17) is 32.9 Å². The van der Waals surface area contributed by atoms with Crippen LogP contribution in [0.25, 0.3) is 11.3 Å². The third-order valence-corrected chi connectivity index (χ3v) is 6.49. The van der Waals surface area contributed by atoms with Crippen molar-refractivity contribution >= 4 is 40.2 Å². The molecule has 0 spiro atoms. The van der Waals surface area contributed by atoms with Crippen LogP contribution in [0.2, 0.25) is 10.0 Å². The number of benzene rings is 2. The zero-order chi connectivity index (χ0) is 20.2. The van der Waals surface area contributed by atoms with Crippen LogP contribution < -0.4 is 4.80 Å². The lowest BCUT2D eigenvalue weighted by atomic mass is 10.1. The van der Waals surface area contributed by atoms with Crippen LogP contribution in [0, 0.1) is 6.92 Å². The van der Waals surface area contributed by atoms with Crippen molar-refractivity contribution in [3.8, 4) is 11.3 Å². The van der Waals surface area contributed by atoms with Crippen molar-refractivity contribution in [3.63, 3.8) is 0 Å². The predicted molar refractivity (Wildman–Crippen MR) is 121 cm³/mol. The third kappa shape index (κ3) is 4.93. The molecular formula is C22H23Cl2N3OS. The van der Waals surface area contributed by atoms with E-state index in [0.717, 1.165) is 66.7 Å². The van der Waals surface area contributed by atoms with Crippen LogP contribution in [0.4, 0.5) is 5.69 Å². The first-order valence-corrected chi connectivity index (χ1v) is 11.3. The fourth-order valence-corrected chi connectivity index (χ4v) is 4.85. The van der Waals surface area contributed by atoms with Crippen molar-refractivity contribution in [3.05, 3.63) is 68.3 Å². The van der Waals surface area contributed by atoms with Gasteiger partial charge >= 0.3 is 0 Å². The molecule has 1 saturated heterocycles. The smallest absolute Gasteiger partial charge is 0.190 e. The van der Waals surface area contributed by atoms with Crippen LogP contribution in [-0.4, -0.2) is 42.3 Å². The van der Waals surface area contributed by atoms with Gasteiger partial charge in [0, 0.05) is 42.1 Å². The maximum Gasteiger partial charge on any atom is 0.190 e. The van der Waals surface area contributed by atoms with E-state index in [9.17, 15) is 0 Å². The molecule has 0 saturated carbocycles. The SMILES string of the molecule is Cc1ccccc1N=c1scc(-c2ccc(Cl)cc2Cl)n1CCN1CCOCC1. The second-order valence-corrected chi connectivity index (χ2v) is 8.71. The standard InChI is InChI=1S/C22H23Cl2N3OS/c1-16-4-2-3-5-20(16)25-22-27(9-8-26-10-12-28-13-11-26)21(15-29-22)18-7-6-17(23)14-19(18)24/h2-7,14-15H,8-13H2,1H3. The van der Waals surface area contributed by atoms with Crippen molar-refractivity contribution in [2.24, 2.45) is 4.99 Å². The van der Waals surface area contributed by atoms with Gasteiger partial charge in [0.05, 0.1) is 29.6 Å². The minimum absolute atomic E-state index is 0.638. The number of para-hydroxylation sites is 1. The summed E-state index contributed by atoms with van der Waals surface area (Å²) in [6, 6.07) is 13.8. The Morgan fingerprint density at radius 3 is 2.62 bits per heavy atom. The molecular weight excluding hydrogens is 425 g/mol. The second kappa shape index (κ2) is 9.45. The minimum Gasteiger partial charge on any atom is -0.379 e. The number of halogens is 2. The van der Waals surface area contributed by atoms with Crippen LogP contribution >= 0.6 is 34.5 Å². The number of rotatable bonds is 5. The Morgan fingerprint density at radius 2 is 1.86 bits per heavy atom. The predicted octanol–water partition coefficient (Wildman–Crippen LogP) is 5.40. The van der Waals surface area contributed by atoms with Crippen molar-refractivity contribution < 1.29 is 4.74 Å². The Labute approximate surface area is 185 Å². The average molecular weight is 448 g/mol. The summed E-state index contributed by atoms with van der Waals surface area (Å²) in [6.45, 7) is 7.39. The highest BCUT2D eigenvalue weighted by Gasteiger charge is 2.15. The Morgan fingerprint density at radius 1 is 1.07 bits per heavy atom. The molecule has 3 aromatic rings. The Kier molecular flexibility index (Phi) is 6.73. The molecule has 2 heterocycles. The van der Waals surface area contributed by atoms with Gasteiger partial charge in [0.25, 0.3) is 0 Å². The fourth-order valence-electron chi connectivity index (χ4n) is 3.41. The summed E-state index contributed by atoms with van der Waals surface area (Å²) in [7, 11) is 0. The van der Waals surface area contributed by atoms with Gasteiger partial charge in [-0.15, -0.1) is 11.3 Å². The third-order valence-electron chi connectivity index (χ3n) is 5.08. The van der Waals surface area contributed by atoms with Gasteiger partial charge < -0.3 is 9.30 Å². The molecule has 0 bridgehead atoms. The van der Waals surface area contributed by atoms with E-state index in [0.29, 0.717) is 10.0 Å². The van der Waals surface area contributed by atoms with Gasteiger partial charge in [-0.1, -0.05) is 41.4 Å². The largest absolute Gasteiger partial charge is 0.379 e. The number of morpholine rings is 1. The lowest BCUT2D eigenvalue weighted by molar-refractivity contribution is 0.0363. The van der Waals surface area contributed by atoms with Crippen molar-refractivity contribution in [1.29, 1.82) is 0 Å². The first-order chi connectivity index (χ1) is 14.1. The number of nitrogens with zero attached hydrogens (tertiary/aromatic N) is 3. The first kappa shape index (κ1) is 20.6. The summed E-state index contributed by atoms with van der Waals surface area (Å²) < 4.78 is 7.74. The number of ether oxygens (including phenoxy) is 1. The molecule has 0 atom stereocenters. The summed E-state index contributed by atoms with van der Waals surface area (Å²) in [5.41, 5.74) is 4.19. The lowest BCUT2D eigenvalue weighted by Crippen LogP contribution is -2.39. The topological polar surface area (TPSA) is 29.8 Å². The Balaban J connectivity index is 1.75. The molecule has 1 aromatic heterocycles. The molecule has 0 N–H and O–H groups in total. The Hall–Kier alpha value is -1.63. The van der Waals surface area contributed by atoms with Gasteiger partial charge in [-0.2, -0.15) is 0 Å². The molecule has 152 valence electrons. The van der Waals surface area contributed by atoms with Crippen LogP contribution in [0.15, 0.2) is 52.8 Å². The zero-order valence-corrected chi connectivity index (χ0v) is 18.6. The highest BCUT2D eigenvalue weighted by atomic mass is 35.5. The van der Waals surface area contributed by atoms with Crippen molar-refractivity contribution in [2.75, 3.05) is 32.8 Å². The van der Waals surface area contributed by atoms with Crippen LogP contribution in [0.3, 0.4) is 0 Å². The van der Waals surface area contributed by atoms with E-state index in [1.54, 1.807) is 17.4 Å². The maximum atomic E-state index is 6.53. The summed E-state index contributed by atoms with van der Waals surface area (Å²) >= 11 is 14.3. The van der Waals surface area contributed by atoms with Gasteiger partial charge in [-0.3, -0.25) is 4.90 Å². The van der Waals surface area contributed by atoms with Gasteiger partial charge in [0.2, 0.25) is 0 Å². The highest BCUT2D eigenvalue weighted by Crippen LogP contribution is 2.31. The van der Waals surface area contributed by atoms with Crippen LogP contribution in [0.5, 0.6) is 0 Å². The van der Waals surface area contributed by atoms with E-state index in [1.165, 1.54) is 0 Å². The minimum atomic E-state index is 0.638. The molecule has 4 rings (SSSR count). The van der Waals surface area contributed by atoms with Gasteiger partial charge in [-0.25, -0.2) is 4.99 Å². The monoisotopic (exact) mass is 447 g/mol. The van der Waals surface area contributed by atoms with E-state index >= 15 is 0 Å².